The molecule has 21 heavy (non-hydrogen) atoms. The van der Waals surface area contributed by atoms with Crippen molar-refractivity contribution in [3.05, 3.63) is 29.3 Å². The Hall–Kier alpha value is -1.59. The van der Waals surface area contributed by atoms with Crippen molar-refractivity contribution in [3.8, 4) is 0 Å². The van der Waals surface area contributed by atoms with Gasteiger partial charge in [0.2, 0.25) is 5.91 Å². The van der Waals surface area contributed by atoms with Gasteiger partial charge >= 0.3 is 5.97 Å². The van der Waals surface area contributed by atoms with E-state index < -0.39 is 45.1 Å². The number of nitrogens with one attached hydrogen (secondary N) is 1. The van der Waals surface area contributed by atoms with Crippen molar-refractivity contribution in [1.29, 1.82) is 0 Å². The number of para-hydroxylation sites is 1. The molecule has 0 unspecified atom stereocenters. The smallest absolute Gasteiger partial charge is 0.339 e. The number of amides is 1. The summed E-state index contributed by atoms with van der Waals surface area (Å²) in [4.78, 5) is 24.3. The molecule has 118 valence electrons. The molecule has 5 nitrogen and oxygen atoms in total. The highest BCUT2D eigenvalue weighted by molar-refractivity contribution is 6.02. The molecule has 1 N–H and O–H groups in total. The molecule has 0 atom stereocenters. The van der Waals surface area contributed by atoms with Crippen LogP contribution in [0.3, 0.4) is 0 Å². The first-order valence-electron chi connectivity index (χ1n) is 10.6. The highest BCUT2D eigenvalue weighted by atomic mass is 35.5. The largest absolute Gasteiger partial charge is 0.465 e. The summed E-state index contributed by atoms with van der Waals surface area (Å²) in [7, 11) is 1.12. The molecule has 0 fully saturated rings. The van der Waals surface area contributed by atoms with Gasteiger partial charge < -0.3 is 10.1 Å². The van der Waals surface area contributed by atoms with Crippen LogP contribution in [0.4, 0.5) is 5.69 Å². The fourth-order valence-corrected chi connectivity index (χ4v) is 1.54. The molecule has 0 saturated carbocycles. The van der Waals surface area contributed by atoms with Crippen molar-refractivity contribution in [2.24, 2.45) is 0 Å². The summed E-state index contributed by atoms with van der Waals surface area (Å²) in [6.07, 6.45) is 0. The Morgan fingerprint density at radius 3 is 2.62 bits per heavy atom. The molecule has 1 amide bonds. The molecule has 0 aliphatic heterocycles. The number of rotatable bonds is 6. The topological polar surface area (TPSA) is 58.6 Å². The quantitative estimate of drug-likeness (QED) is 0.817. The Balaban J connectivity index is 0.00000900. The monoisotopic (exact) mass is 324 g/mol. The minimum atomic E-state index is -3.50. The number of carbonyl (C=O) groups is 2. The van der Waals surface area contributed by atoms with Gasteiger partial charge in [0.15, 0.2) is 0 Å². The Labute approximate surface area is 146 Å². The standard InChI is InChI=1S/C15H22N2O3.ClH/c1-5-17(6-2)10-13(18)16-14-11(3)8-7-9-12(14)15(19)20-4;/h7-9H,5-6,10H2,1-4H3,(H,16,18);1H/i1D3,2D3,5D2,6D2;. The van der Waals surface area contributed by atoms with Crippen LogP contribution in [-0.4, -0.2) is 43.4 Å². The third-order valence-electron chi connectivity index (χ3n) is 2.51. The Bertz CT molecular complexity index is 785. The summed E-state index contributed by atoms with van der Waals surface area (Å²) in [6, 6.07) is 4.41. The summed E-state index contributed by atoms with van der Waals surface area (Å²) >= 11 is 0. The lowest BCUT2D eigenvalue weighted by Gasteiger charge is -2.18. The van der Waals surface area contributed by atoms with Crippen molar-refractivity contribution in [2.45, 2.75) is 20.6 Å². The van der Waals surface area contributed by atoms with Gasteiger partial charge in [-0.15, -0.1) is 12.4 Å². The van der Waals surface area contributed by atoms with Crippen molar-refractivity contribution >= 4 is 30.0 Å². The third-order valence-corrected chi connectivity index (χ3v) is 2.51. The average molecular weight is 325 g/mol. The fourth-order valence-electron chi connectivity index (χ4n) is 1.54. The molecule has 0 saturated heterocycles. The lowest BCUT2D eigenvalue weighted by molar-refractivity contribution is -0.117. The SMILES string of the molecule is Cl.[2H]C([2H])([2H])C([2H])([2H])N(CC(=O)Nc1c(C)cccc1C(=O)OC)C([2H])([2H])C([2H])([2H])[2H]. The van der Waals surface area contributed by atoms with Crippen molar-refractivity contribution < 1.29 is 28.0 Å². The van der Waals surface area contributed by atoms with Gasteiger partial charge in [0.25, 0.3) is 0 Å². The molecule has 0 heterocycles. The zero-order chi connectivity index (χ0) is 23.7. The number of ether oxygens (including phenoxy) is 1. The molecule has 1 rings (SSSR count). The number of carbonyl (C=O) groups excluding carboxylic acids is 2. The van der Waals surface area contributed by atoms with Gasteiger partial charge in [-0.3, -0.25) is 9.69 Å². The van der Waals surface area contributed by atoms with E-state index in [4.69, 9.17) is 13.7 Å². The van der Waals surface area contributed by atoms with Crippen molar-refractivity contribution in [1.82, 2.24) is 4.90 Å². The Kier molecular flexibility index (Phi) is 3.63. The molecular weight excluding hydrogens is 292 g/mol. The first-order valence-corrected chi connectivity index (χ1v) is 5.63. The summed E-state index contributed by atoms with van der Waals surface area (Å²) < 4.78 is 79.9. The maximum atomic E-state index is 12.6. The molecule has 1 aromatic rings. The molecule has 0 aliphatic carbocycles. The van der Waals surface area contributed by atoms with E-state index in [-0.39, 0.29) is 28.6 Å². The number of methoxy groups -OCH3 is 1. The van der Waals surface area contributed by atoms with Gasteiger partial charge in [0.1, 0.15) is 0 Å². The van der Waals surface area contributed by atoms with E-state index >= 15 is 0 Å². The summed E-state index contributed by atoms with van der Waals surface area (Å²) in [5.41, 5.74) is 0.351. The van der Waals surface area contributed by atoms with Gasteiger partial charge in [-0.2, -0.15) is 0 Å². The van der Waals surface area contributed by atoms with Crippen LogP contribution in [0.5, 0.6) is 0 Å². The molecule has 0 aromatic heterocycles. The van der Waals surface area contributed by atoms with Gasteiger partial charge in [-0.25, -0.2) is 4.79 Å². The van der Waals surface area contributed by atoms with Gasteiger partial charge in [-0.1, -0.05) is 25.8 Å². The number of anilines is 1. The first-order chi connectivity index (χ1) is 13.4. The van der Waals surface area contributed by atoms with Crippen LogP contribution in [0.1, 0.15) is 43.3 Å². The molecule has 0 bridgehead atoms. The number of benzene rings is 1. The second-order valence-corrected chi connectivity index (χ2v) is 3.85. The zero-order valence-electron chi connectivity index (χ0n) is 21.5. The van der Waals surface area contributed by atoms with Crippen LogP contribution >= 0.6 is 12.4 Å². The molecule has 0 spiro atoms. The van der Waals surface area contributed by atoms with Gasteiger partial charge in [0, 0.05) is 13.7 Å². The molecule has 6 heteroatoms. The summed E-state index contributed by atoms with van der Waals surface area (Å²) in [6.45, 7) is -13.6. The minimum Gasteiger partial charge on any atom is -0.465 e. The lowest BCUT2D eigenvalue weighted by atomic mass is 10.1. The highest BCUT2D eigenvalue weighted by Crippen LogP contribution is 2.21. The third kappa shape index (κ3) is 5.36. The lowest BCUT2D eigenvalue weighted by Crippen LogP contribution is -2.33. The first kappa shape index (κ1) is 8.15. The average Bonchev–Trinajstić information content (AvgIpc) is 2.58. The molecule has 0 aliphatic rings. The molecule has 0 radical (unpaired) electrons. The zero-order valence-corrected chi connectivity index (χ0v) is 12.3. The Morgan fingerprint density at radius 2 is 2.05 bits per heavy atom. The number of hydrogen-bond donors (Lipinski definition) is 1. The number of nitrogens with zero attached hydrogens (tertiary/aromatic N) is 1. The van der Waals surface area contributed by atoms with Crippen LogP contribution in [0.15, 0.2) is 18.2 Å². The predicted molar refractivity (Wildman–Crippen MR) is 86.2 cm³/mol. The predicted octanol–water partition coefficient (Wildman–Crippen LogP) is 2.48. The van der Waals surface area contributed by atoms with Crippen LogP contribution < -0.4 is 5.32 Å². The highest BCUT2D eigenvalue weighted by Gasteiger charge is 2.16. The van der Waals surface area contributed by atoms with Crippen molar-refractivity contribution in [3.63, 3.8) is 0 Å². The van der Waals surface area contributed by atoms with E-state index in [0.717, 1.165) is 7.11 Å². The number of hydrogen-bond acceptors (Lipinski definition) is 4. The van der Waals surface area contributed by atoms with E-state index in [1.165, 1.54) is 12.1 Å². The second-order valence-electron chi connectivity index (χ2n) is 3.85. The Morgan fingerprint density at radius 1 is 1.38 bits per heavy atom. The van der Waals surface area contributed by atoms with E-state index in [2.05, 4.69) is 10.1 Å². The number of aryl methyl sites for hydroxylation is 1. The van der Waals surface area contributed by atoms with Gasteiger partial charge in [-0.05, 0) is 31.5 Å². The van der Waals surface area contributed by atoms with E-state index in [1.54, 1.807) is 13.0 Å². The van der Waals surface area contributed by atoms with Crippen LogP contribution in [0.2, 0.25) is 0 Å². The van der Waals surface area contributed by atoms with Crippen LogP contribution in [0, 0.1) is 6.92 Å². The minimum absolute atomic E-state index is 0. The van der Waals surface area contributed by atoms with E-state index in [0.29, 0.717) is 5.56 Å². The van der Waals surface area contributed by atoms with E-state index in [1.807, 2.05) is 0 Å². The summed E-state index contributed by atoms with van der Waals surface area (Å²) in [5, 5.41) is 2.29. The normalized spacial score (nSPS) is 19.6. The maximum absolute atomic E-state index is 12.6. The van der Waals surface area contributed by atoms with Gasteiger partial charge in [0.05, 0.1) is 24.9 Å². The fraction of sp³-hybridized carbons (Fsp3) is 0.467. The summed E-state index contributed by atoms with van der Waals surface area (Å²) in [5.74, 6) is -1.92. The molecule has 1 aromatic carbocycles. The number of likely N-dealkylation sites (N-methyl/N-ethyl adjacent to an activating group) is 1. The number of esters is 1. The van der Waals surface area contributed by atoms with E-state index in [9.17, 15) is 9.59 Å². The molecular formula is C15H23ClN2O3. The second kappa shape index (κ2) is 9.37. The number of halogens is 1. The van der Waals surface area contributed by atoms with Crippen LogP contribution in [0.25, 0.3) is 0 Å². The van der Waals surface area contributed by atoms with Crippen molar-refractivity contribution in [2.75, 3.05) is 32.0 Å². The maximum Gasteiger partial charge on any atom is 0.339 e. The van der Waals surface area contributed by atoms with Crippen LogP contribution in [-0.2, 0) is 9.53 Å².